The Labute approximate surface area is 201 Å². The Kier molecular flexibility index (Phi) is 9.75. The van der Waals surface area contributed by atoms with Gasteiger partial charge in [0, 0.05) is 32.3 Å². The van der Waals surface area contributed by atoms with Crippen LogP contribution in [0.15, 0.2) is 47.5 Å². The minimum Gasteiger partial charge on any atom is -0.454 e. The lowest BCUT2D eigenvalue weighted by Gasteiger charge is -2.17. The van der Waals surface area contributed by atoms with Gasteiger partial charge in [-0.1, -0.05) is 30.3 Å². The van der Waals surface area contributed by atoms with Gasteiger partial charge < -0.3 is 29.7 Å². The molecule has 0 radical (unpaired) electrons. The Hall–Kier alpha value is -2.83. The highest BCUT2D eigenvalue weighted by molar-refractivity contribution is 14.0. The first-order valence-corrected chi connectivity index (χ1v) is 9.56. The summed E-state index contributed by atoms with van der Waals surface area (Å²) in [5.41, 5.74) is 1.41. The first kappa shape index (κ1) is 25.4. The van der Waals surface area contributed by atoms with E-state index in [2.05, 4.69) is 20.4 Å². The summed E-state index contributed by atoms with van der Waals surface area (Å²) in [4.78, 5) is 17.9. The highest BCUT2D eigenvalue weighted by atomic mass is 127. The molecule has 2 N–H and O–H groups in total. The van der Waals surface area contributed by atoms with Gasteiger partial charge in [-0.15, -0.1) is 24.0 Å². The number of nitrogens with one attached hydrogen (secondary N) is 2. The number of carbonyl (C=O) groups is 1. The van der Waals surface area contributed by atoms with E-state index < -0.39 is 6.61 Å². The molecule has 0 unspecified atom stereocenters. The number of guanidine groups is 1. The van der Waals surface area contributed by atoms with E-state index in [-0.39, 0.29) is 55.5 Å². The van der Waals surface area contributed by atoms with Gasteiger partial charge in [0.15, 0.2) is 17.5 Å². The van der Waals surface area contributed by atoms with E-state index in [1.807, 2.05) is 30.3 Å². The molecule has 0 aliphatic carbocycles. The minimum absolute atomic E-state index is 0. The van der Waals surface area contributed by atoms with Crippen molar-refractivity contribution in [2.45, 2.75) is 19.7 Å². The van der Waals surface area contributed by atoms with Gasteiger partial charge in [0.1, 0.15) is 5.75 Å². The maximum Gasteiger partial charge on any atom is 0.387 e. The molecule has 0 bridgehead atoms. The molecule has 1 aliphatic rings. The molecule has 2 aromatic rings. The second-order valence-corrected chi connectivity index (χ2v) is 6.84. The summed E-state index contributed by atoms with van der Waals surface area (Å²) < 4.78 is 40.9. The van der Waals surface area contributed by atoms with E-state index in [1.165, 1.54) is 11.0 Å². The molecule has 0 saturated carbocycles. The fraction of sp³-hybridized carbons (Fsp3) is 0.333. The lowest BCUT2D eigenvalue weighted by Crippen LogP contribution is -2.42. The maximum atomic E-state index is 12.9. The van der Waals surface area contributed by atoms with Crippen molar-refractivity contribution in [2.24, 2.45) is 4.99 Å². The summed E-state index contributed by atoms with van der Waals surface area (Å²) in [6.07, 6.45) is 0. The third-order valence-corrected chi connectivity index (χ3v) is 4.39. The number of halogens is 3. The predicted molar refractivity (Wildman–Crippen MR) is 126 cm³/mol. The Morgan fingerprint density at radius 3 is 2.50 bits per heavy atom. The molecule has 0 aromatic heterocycles. The normalized spacial score (nSPS) is 12.2. The smallest absolute Gasteiger partial charge is 0.387 e. The van der Waals surface area contributed by atoms with Gasteiger partial charge in [-0.2, -0.15) is 8.78 Å². The lowest BCUT2D eigenvalue weighted by molar-refractivity contribution is -0.127. The molecule has 1 amide bonds. The zero-order valence-electron chi connectivity index (χ0n) is 17.6. The minimum atomic E-state index is -2.99. The van der Waals surface area contributed by atoms with Crippen LogP contribution in [0.4, 0.5) is 8.78 Å². The molecule has 0 atom stereocenters. The molecule has 2 aromatic carbocycles. The van der Waals surface area contributed by atoms with Crippen LogP contribution in [0, 0.1) is 0 Å². The number of ether oxygens (including phenoxy) is 3. The summed E-state index contributed by atoms with van der Waals surface area (Å²) >= 11 is 0. The molecule has 11 heteroatoms. The van der Waals surface area contributed by atoms with Gasteiger partial charge in [0.25, 0.3) is 0 Å². The van der Waals surface area contributed by atoms with Crippen molar-refractivity contribution in [2.75, 3.05) is 27.4 Å². The second-order valence-electron chi connectivity index (χ2n) is 6.84. The molecule has 1 aliphatic heterocycles. The number of hydrogen-bond acceptors (Lipinski definition) is 5. The number of aliphatic imine (C=N–C) groups is 1. The Morgan fingerprint density at radius 1 is 1.16 bits per heavy atom. The van der Waals surface area contributed by atoms with E-state index in [9.17, 15) is 13.6 Å². The second kappa shape index (κ2) is 12.3. The first-order chi connectivity index (χ1) is 14.9. The van der Waals surface area contributed by atoms with Crippen molar-refractivity contribution in [3.05, 3.63) is 53.6 Å². The van der Waals surface area contributed by atoms with Crippen LogP contribution in [0.3, 0.4) is 0 Å². The fourth-order valence-electron chi connectivity index (χ4n) is 2.73. The van der Waals surface area contributed by atoms with Crippen molar-refractivity contribution in [3.63, 3.8) is 0 Å². The topological polar surface area (TPSA) is 84.4 Å². The van der Waals surface area contributed by atoms with Gasteiger partial charge >= 0.3 is 6.61 Å². The molecule has 32 heavy (non-hydrogen) atoms. The highest BCUT2D eigenvalue weighted by Gasteiger charge is 2.20. The summed E-state index contributed by atoms with van der Waals surface area (Å²) in [5, 5.41) is 6.01. The average molecular weight is 562 g/mol. The molecule has 174 valence electrons. The van der Waals surface area contributed by atoms with Crippen LogP contribution in [-0.2, 0) is 17.9 Å². The number of benzene rings is 2. The van der Waals surface area contributed by atoms with E-state index in [0.29, 0.717) is 29.6 Å². The summed E-state index contributed by atoms with van der Waals surface area (Å²) in [7, 11) is 3.30. The molecule has 0 fully saturated rings. The SMILES string of the molecule is CN(C)C(=O)CNC(=NCc1ccccc1)NCc1cc2c(cc1OC(F)F)OCO2.I. The van der Waals surface area contributed by atoms with Crippen LogP contribution in [0.5, 0.6) is 17.2 Å². The number of alkyl halides is 2. The van der Waals surface area contributed by atoms with Crippen molar-refractivity contribution < 1.29 is 27.8 Å². The van der Waals surface area contributed by atoms with Crippen LogP contribution in [0.2, 0.25) is 0 Å². The molecule has 3 rings (SSSR count). The largest absolute Gasteiger partial charge is 0.454 e. The molecule has 0 saturated heterocycles. The van der Waals surface area contributed by atoms with E-state index in [0.717, 1.165) is 5.56 Å². The maximum absolute atomic E-state index is 12.9. The number of rotatable bonds is 8. The van der Waals surface area contributed by atoms with Crippen molar-refractivity contribution >= 4 is 35.8 Å². The number of hydrogen-bond donors (Lipinski definition) is 2. The number of carbonyl (C=O) groups excluding carboxylic acids is 1. The molecular formula is C21H25F2IN4O4. The highest BCUT2D eigenvalue weighted by Crippen LogP contribution is 2.38. The molecular weight excluding hydrogens is 537 g/mol. The first-order valence-electron chi connectivity index (χ1n) is 9.56. The number of fused-ring (bicyclic) bond motifs is 1. The van der Waals surface area contributed by atoms with Crippen LogP contribution in [0.1, 0.15) is 11.1 Å². The predicted octanol–water partition coefficient (Wildman–Crippen LogP) is 2.96. The Bertz CT molecular complexity index is 930. The zero-order chi connectivity index (χ0) is 22.2. The van der Waals surface area contributed by atoms with Gasteiger partial charge in [0.05, 0.1) is 13.1 Å². The lowest BCUT2D eigenvalue weighted by atomic mass is 10.1. The van der Waals surface area contributed by atoms with E-state index >= 15 is 0 Å². The van der Waals surface area contributed by atoms with Gasteiger partial charge in [-0.25, -0.2) is 4.99 Å². The van der Waals surface area contributed by atoms with Crippen LogP contribution < -0.4 is 24.8 Å². The summed E-state index contributed by atoms with van der Waals surface area (Å²) in [6, 6.07) is 12.5. The standard InChI is InChI=1S/C21H24F2N4O4.HI/c1-27(2)19(28)12-26-21(24-10-14-6-4-3-5-7-14)25-11-15-8-17-18(30-13-29-17)9-16(15)31-20(22)23;/h3-9,20H,10-13H2,1-2H3,(H2,24,25,26);1H. The summed E-state index contributed by atoms with van der Waals surface area (Å²) in [6.45, 7) is -2.47. The van der Waals surface area contributed by atoms with Gasteiger partial charge in [0.2, 0.25) is 12.7 Å². The van der Waals surface area contributed by atoms with Crippen LogP contribution in [0.25, 0.3) is 0 Å². The van der Waals surface area contributed by atoms with E-state index in [4.69, 9.17) is 9.47 Å². The third kappa shape index (κ3) is 7.39. The Balaban J connectivity index is 0.00000363. The molecule has 0 spiro atoms. The molecule has 8 nitrogen and oxygen atoms in total. The van der Waals surface area contributed by atoms with E-state index in [1.54, 1.807) is 20.2 Å². The van der Waals surface area contributed by atoms with Crippen molar-refractivity contribution in [3.8, 4) is 17.2 Å². The fourth-order valence-corrected chi connectivity index (χ4v) is 2.73. The van der Waals surface area contributed by atoms with Gasteiger partial charge in [-0.3, -0.25) is 4.79 Å². The van der Waals surface area contributed by atoms with Crippen molar-refractivity contribution in [1.29, 1.82) is 0 Å². The number of nitrogens with zero attached hydrogens (tertiary/aromatic N) is 2. The van der Waals surface area contributed by atoms with Gasteiger partial charge in [-0.05, 0) is 11.6 Å². The van der Waals surface area contributed by atoms with Crippen LogP contribution in [-0.4, -0.2) is 50.8 Å². The third-order valence-electron chi connectivity index (χ3n) is 4.39. The summed E-state index contributed by atoms with van der Waals surface area (Å²) in [5.74, 6) is 0.960. The average Bonchev–Trinajstić information content (AvgIpc) is 3.20. The number of likely N-dealkylation sites (N-methyl/N-ethyl adjacent to an activating group) is 1. The monoisotopic (exact) mass is 562 g/mol. The zero-order valence-corrected chi connectivity index (χ0v) is 20.0. The Morgan fingerprint density at radius 2 is 1.84 bits per heavy atom. The van der Waals surface area contributed by atoms with Crippen LogP contribution >= 0.6 is 24.0 Å². The quantitative estimate of drug-likeness (QED) is 0.293. The number of amides is 1. The van der Waals surface area contributed by atoms with Crippen molar-refractivity contribution in [1.82, 2.24) is 15.5 Å². The molecule has 1 heterocycles.